The summed E-state index contributed by atoms with van der Waals surface area (Å²) in [6.45, 7) is 0. The smallest absolute Gasteiger partial charge is 0.308 e. The number of furan rings is 1. The normalized spacial score (nSPS) is 25.6. The number of ether oxygens (including phenoxy) is 1. The number of nitriles is 1. The van der Waals surface area contributed by atoms with Gasteiger partial charge in [0.2, 0.25) is 0 Å². The number of rotatable bonds is 2. The van der Waals surface area contributed by atoms with E-state index < -0.39 is 5.41 Å². The van der Waals surface area contributed by atoms with Crippen LogP contribution in [0.4, 0.5) is 0 Å². The first kappa shape index (κ1) is 11.8. The van der Waals surface area contributed by atoms with Crippen molar-refractivity contribution in [2.75, 3.05) is 7.11 Å². The molecule has 0 N–H and O–H groups in total. The summed E-state index contributed by atoms with van der Waals surface area (Å²) in [6, 6.07) is 9.94. The molecule has 0 aliphatic heterocycles. The maximum absolute atomic E-state index is 11.5. The summed E-state index contributed by atoms with van der Waals surface area (Å²) in [5.41, 5.74) is 1.12. The van der Waals surface area contributed by atoms with Crippen LogP contribution in [0.2, 0.25) is 0 Å². The summed E-state index contributed by atoms with van der Waals surface area (Å²) in [6.07, 6.45) is 2.65. The highest BCUT2D eigenvalue weighted by atomic mass is 16.5. The molecular weight excluding hydrogens is 242 g/mol. The van der Waals surface area contributed by atoms with Gasteiger partial charge in [0.15, 0.2) is 0 Å². The van der Waals surface area contributed by atoms with Gasteiger partial charge in [0, 0.05) is 5.39 Å². The third kappa shape index (κ3) is 1.62. The van der Waals surface area contributed by atoms with Gasteiger partial charge in [-0.3, -0.25) is 4.79 Å². The van der Waals surface area contributed by atoms with Crippen LogP contribution in [0.1, 0.15) is 18.4 Å². The first-order chi connectivity index (χ1) is 9.20. The average molecular weight is 255 g/mol. The molecule has 2 aromatic rings. The molecule has 0 atom stereocenters. The Morgan fingerprint density at radius 1 is 1.47 bits per heavy atom. The third-order valence-corrected chi connectivity index (χ3v) is 3.95. The SMILES string of the molecule is COC(=O)C1CC(C#N)(c2cccc3occc23)C1. The van der Waals surface area contributed by atoms with Crippen LogP contribution in [0.3, 0.4) is 0 Å². The van der Waals surface area contributed by atoms with Crippen molar-refractivity contribution < 1.29 is 13.9 Å². The molecule has 1 fully saturated rings. The Kier molecular flexibility index (Phi) is 2.56. The first-order valence-corrected chi connectivity index (χ1v) is 6.16. The fourth-order valence-electron chi connectivity index (χ4n) is 2.90. The fraction of sp³-hybridized carbons (Fsp3) is 0.333. The van der Waals surface area contributed by atoms with Crippen molar-refractivity contribution in [3.63, 3.8) is 0 Å². The quantitative estimate of drug-likeness (QED) is 0.774. The van der Waals surface area contributed by atoms with Gasteiger partial charge in [0.25, 0.3) is 0 Å². The minimum absolute atomic E-state index is 0.174. The Labute approximate surface area is 110 Å². The summed E-state index contributed by atoms with van der Waals surface area (Å²) in [4.78, 5) is 11.5. The number of carbonyl (C=O) groups excluding carboxylic acids is 1. The molecule has 96 valence electrons. The molecule has 0 spiro atoms. The summed E-state index contributed by atoms with van der Waals surface area (Å²) in [5.74, 6) is -0.406. The van der Waals surface area contributed by atoms with Gasteiger partial charge in [0.1, 0.15) is 5.58 Å². The molecule has 0 amide bonds. The second-order valence-electron chi connectivity index (χ2n) is 4.96. The lowest BCUT2D eigenvalue weighted by atomic mass is 9.59. The van der Waals surface area contributed by atoms with Crippen molar-refractivity contribution in [3.8, 4) is 6.07 Å². The standard InChI is InChI=1S/C15H13NO3/c1-18-14(17)10-7-15(8-10,9-16)12-3-2-4-13-11(12)5-6-19-13/h2-6,10H,7-8H2,1H3. The number of carbonyl (C=O) groups is 1. The molecule has 1 heterocycles. The zero-order chi connectivity index (χ0) is 13.5. The number of nitrogens with zero attached hydrogens (tertiary/aromatic N) is 1. The number of fused-ring (bicyclic) bond motifs is 1. The van der Waals surface area contributed by atoms with Crippen molar-refractivity contribution in [2.45, 2.75) is 18.3 Å². The molecule has 3 rings (SSSR count). The lowest BCUT2D eigenvalue weighted by Gasteiger charge is -2.41. The van der Waals surface area contributed by atoms with Crippen LogP contribution in [0.5, 0.6) is 0 Å². The van der Waals surface area contributed by atoms with Crippen molar-refractivity contribution in [1.82, 2.24) is 0 Å². The van der Waals surface area contributed by atoms with E-state index in [0.29, 0.717) is 12.8 Å². The summed E-state index contributed by atoms with van der Waals surface area (Å²) in [7, 11) is 1.38. The minimum atomic E-state index is -0.595. The largest absolute Gasteiger partial charge is 0.469 e. The van der Waals surface area contributed by atoms with Crippen LogP contribution in [-0.4, -0.2) is 13.1 Å². The number of hydrogen-bond donors (Lipinski definition) is 0. The molecule has 0 saturated heterocycles. The van der Waals surface area contributed by atoms with Crippen LogP contribution in [-0.2, 0) is 14.9 Å². The molecule has 1 aromatic heterocycles. The van der Waals surface area contributed by atoms with Crippen molar-refractivity contribution in [2.24, 2.45) is 5.92 Å². The van der Waals surface area contributed by atoms with Gasteiger partial charge >= 0.3 is 5.97 Å². The highest BCUT2D eigenvalue weighted by Crippen LogP contribution is 2.49. The molecule has 0 unspecified atom stereocenters. The second kappa shape index (κ2) is 4.13. The maximum atomic E-state index is 11.5. The summed E-state index contributed by atoms with van der Waals surface area (Å²) in [5, 5.41) is 10.5. The molecule has 1 aliphatic carbocycles. The Hall–Kier alpha value is -2.28. The second-order valence-corrected chi connectivity index (χ2v) is 4.96. The van der Waals surface area contributed by atoms with Crippen molar-refractivity contribution >= 4 is 16.9 Å². The number of hydrogen-bond acceptors (Lipinski definition) is 4. The molecule has 1 aromatic carbocycles. The molecule has 0 radical (unpaired) electrons. The van der Waals surface area contributed by atoms with Gasteiger partial charge < -0.3 is 9.15 Å². The predicted octanol–water partition coefficient (Wildman–Crippen LogP) is 2.78. The average Bonchev–Trinajstić information content (AvgIpc) is 2.86. The van der Waals surface area contributed by atoms with Crippen molar-refractivity contribution in [1.29, 1.82) is 5.26 Å². The third-order valence-electron chi connectivity index (χ3n) is 3.95. The minimum Gasteiger partial charge on any atom is -0.469 e. The Morgan fingerprint density at radius 3 is 2.95 bits per heavy atom. The Balaban J connectivity index is 1.99. The molecular formula is C15H13NO3. The molecule has 1 saturated carbocycles. The van der Waals surface area contributed by atoms with Gasteiger partial charge in [0.05, 0.1) is 30.8 Å². The van der Waals surface area contributed by atoms with Crippen molar-refractivity contribution in [3.05, 3.63) is 36.1 Å². The molecule has 4 heteroatoms. The van der Waals surface area contributed by atoms with E-state index in [1.165, 1.54) is 7.11 Å². The van der Waals surface area contributed by atoms with Gasteiger partial charge in [-0.15, -0.1) is 0 Å². The van der Waals surface area contributed by atoms with Gasteiger partial charge in [-0.05, 0) is 30.5 Å². The summed E-state index contributed by atoms with van der Waals surface area (Å²) < 4.78 is 10.1. The highest BCUT2D eigenvalue weighted by Gasteiger charge is 2.50. The van der Waals surface area contributed by atoms with Crippen LogP contribution < -0.4 is 0 Å². The van der Waals surface area contributed by atoms with E-state index >= 15 is 0 Å². The van der Waals surface area contributed by atoms with E-state index in [-0.39, 0.29) is 11.9 Å². The lowest BCUT2D eigenvalue weighted by molar-refractivity contribution is -0.150. The van der Waals surface area contributed by atoms with E-state index in [4.69, 9.17) is 9.15 Å². The van der Waals surface area contributed by atoms with E-state index in [1.807, 2.05) is 24.3 Å². The molecule has 1 aliphatic rings. The van der Waals surface area contributed by atoms with Crippen LogP contribution in [0, 0.1) is 17.2 Å². The van der Waals surface area contributed by atoms with Gasteiger partial charge in [-0.25, -0.2) is 0 Å². The van der Waals surface area contributed by atoms with E-state index in [2.05, 4.69) is 6.07 Å². The molecule has 4 nitrogen and oxygen atoms in total. The lowest BCUT2D eigenvalue weighted by Crippen LogP contribution is -2.44. The van der Waals surface area contributed by atoms with E-state index in [0.717, 1.165) is 16.5 Å². The Morgan fingerprint density at radius 2 is 2.26 bits per heavy atom. The highest BCUT2D eigenvalue weighted by molar-refractivity contribution is 5.84. The van der Waals surface area contributed by atoms with Gasteiger partial charge in [-0.2, -0.15) is 5.26 Å². The monoisotopic (exact) mass is 255 g/mol. The van der Waals surface area contributed by atoms with E-state index in [9.17, 15) is 10.1 Å². The van der Waals surface area contributed by atoms with Crippen LogP contribution in [0.15, 0.2) is 34.9 Å². The van der Waals surface area contributed by atoms with Crippen LogP contribution >= 0.6 is 0 Å². The first-order valence-electron chi connectivity index (χ1n) is 6.16. The topological polar surface area (TPSA) is 63.2 Å². The number of benzene rings is 1. The molecule has 0 bridgehead atoms. The zero-order valence-corrected chi connectivity index (χ0v) is 10.6. The maximum Gasteiger partial charge on any atom is 0.308 e. The Bertz CT molecular complexity index is 674. The molecule has 19 heavy (non-hydrogen) atoms. The number of methoxy groups -OCH3 is 1. The summed E-state index contributed by atoms with van der Waals surface area (Å²) >= 11 is 0. The van der Waals surface area contributed by atoms with Crippen LogP contribution in [0.25, 0.3) is 11.0 Å². The number of esters is 1. The predicted molar refractivity (Wildman–Crippen MR) is 68.2 cm³/mol. The van der Waals surface area contributed by atoms with Gasteiger partial charge in [-0.1, -0.05) is 12.1 Å². The van der Waals surface area contributed by atoms with E-state index in [1.54, 1.807) is 6.26 Å². The fourth-order valence-corrected chi connectivity index (χ4v) is 2.90. The zero-order valence-electron chi connectivity index (χ0n) is 10.6.